The van der Waals surface area contributed by atoms with E-state index in [1.165, 1.54) is 6.33 Å². The van der Waals surface area contributed by atoms with E-state index in [1.54, 1.807) is 30.6 Å². The molecular formula is C30H35N5O6. The first kappa shape index (κ1) is 29.3. The molecule has 0 unspecified atom stereocenters. The number of ether oxygens (including phenoxy) is 2. The van der Waals surface area contributed by atoms with Crippen LogP contribution in [0.2, 0.25) is 0 Å². The molecule has 0 spiro atoms. The summed E-state index contributed by atoms with van der Waals surface area (Å²) in [7, 11) is 0. The van der Waals surface area contributed by atoms with Crippen LogP contribution in [-0.2, 0) is 27.3 Å². The Morgan fingerprint density at radius 2 is 1.49 bits per heavy atom. The molecule has 1 fully saturated rings. The summed E-state index contributed by atoms with van der Waals surface area (Å²) in [6.07, 6.45) is 1.02. The molecule has 1 aromatic heterocycles. The molecule has 4 rings (SSSR count). The lowest BCUT2D eigenvalue weighted by molar-refractivity contribution is -0.147. The Bertz CT molecular complexity index is 1340. The summed E-state index contributed by atoms with van der Waals surface area (Å²) >= 11 is 0. The van der Waals surface area contributed by atoms with Crippen molar-refractivity contribution in [1.29, 1.82) is 0 Å². The summed E-state index contributed by atoms with van der Waals surface area (Å²) in [5.41, 5.74) is 0.908. The number of imidazole rings is 1. The summed E-state index contributed by atoms with van der Waals surface area (Å²) in [6, 6.07) is 17.5. The van der Waals surface area contributed by atoms with Gasteiger partial charge in [0.2, 0.25) is 0 Å². The van der Waals surface area contributed by atoms with E-state index < -0.39 is 35.5 Å². The number of esters is 1. The van der Waals surface area contributed by atoms with E-state index in [9.17, 15) is 19.2 Å². The van der Waals surface area contributed by atoms with Crippen LogP contribution in [0.4, 0.5) is 4.79 Å². The Labute approximate surface area is 238 Å². The maximum Gasteiger partial charge on any atom is 0.410 e. The van der Waals surface area contributed by atoms with Crippen LogP contribution >= 0.6 is 0 Å². The van der Waals surface area contributed by atoms with Gasteiger partial charge in [0, 0.05) is 32.6 Å². The Balaban J connectivity index is 1.42. The Hall–Kier alpha value is -4.67. The van der Waals surface area contributed by atoms with Crippen LogP contribution in [0.1, 0.15) is 52.9 Å². The largest absolute Gasteiger partial charge is 0.459 e. The zero-order chi connectivity index (χ0) is 29.4. The predicted octanol–water partition coefficient (Wildman–Crippen LogP) is 3.19. The average molecular weight is 562 g/mol. The zero-order valence-electron chi connectivity index (χ0n) is 23.5. The van der Waals surface area contributed by atoms with Gasteiger partial charge in [0.25, 0.3) is 11.8 Å². The van der Waals surface area contributed by atoms with Gasteiger partial charge in [-0.1, -0.05) is 60.7 Å². The summed E-state index contributed by atoms with van der Waals surface area (Å²) < 4.78 is 10.9. The van der Waals surface area contributed by atoms with Crippen LogP contribution in [0.5, 0.6) is 0 Å². The van der Waals surface area contributed by atoms with Crippen molar-refractivity contribution in [2.45, 2.75) is 45.4 Å². The number of rotatable bonds is 8. The molecule has 2 heterocycles. The van der Waals surface area contributed by atoms with Crippen molar-refractivity contribution in [3.05, 3.63) is 89.5 Å². The van der Waals surface area contributed by atoms with Crippen molar-refractivity contribution in [2.24, 2.45) is 0 Å². The number of benzene rings is 2. The Morgan fingerprint density at radius 3 is 2.10 bits per heavy atom. The van der Waals surface area contributed by atoms with Gasteiger partial charge >= 0.3 is 12.1 Å². The van der Waals surface area contributed by atoms with Gasteiger partial charge in [-0.25, -0.2) is 14.6 Å². The fourth-order valence-corrected chi connectivity index (χ4v) is 4.31. The molecule has 11 nitrogen and oxygen atoms in total. The fourth-order valence-electron chi connectivity index (χ4n) is 4.31. The van der Waals surface area contributed by atoms with Gasteiger partial charge in [0.05, 0.1) is 6.33 Å². The molecule has 1 atom stereocenters. The minimum atomic E-state index is -1.01. The normalized spacial score (nSPS) is 14.2. The molecule has 0 saturated carbocycles. The molecule has 3 aromatic rings. The van der Waals surface area contributed by atoms with Gasteiger partial charge in [-0.2, -0.15) is 0 Å². The smallest absolute Gasteiger partial charge is 0.410 e. The standard InChI is InChI=1S/C30H35N5O6/c1-30(2,3)41-29(39)35-16-14-34(15-17-35)27(37)25-24(31-20-32-25)26(36)33-23(18-21-10-6-4-7-11-21)28(38)40-19-22-12-8-5-9-13-22/h4-13,20,23H,14-19H2,1-3H3,(H,31,32)(H,33,36)/t23-/m0/s1. The van der Waals surface area contributed by atoms with E-state index in [-0.39, 0.29) is 37.5 Å². The number of nitrogens with zero attached hydrogens (tertiary/aromatic N) is 3. The predicted molar refractivity (Wildman–Crippen MR) is 150 cm³/mol. The molecule has 11 heteroatoms. The number of aromatic amines is 1. The number of carbonyl (C=O) groups is 4. The van der Waals surface area contributed by atoms with Crippen molar-refractivity contribution in [3.63, 3.8) is 0 Å². The third-order valence-electron chi connectivity index (χ3n) is 6.38. The van der Waals surface area contributed by atoms with Crippen LogP contribution < -0.4 is 5.32 Å². The third-order valence-corrected chi connectivity index (χ3v) is 6.38. The number of H-pyrrole nitrogens is 1. The van der Waals surface area contributed by atoms with Gasteiger partial charge in [0.1, 0.15) is 23.9 Å². The van der Waals surface area contributed by atoms with E-state index in [4.69, 9.17) is 9.47 Å². The van der Waals surface area contributed by atoms with Crippen molar-refractivity contribution >= 4 is 23.9 Å². The molecule has 216 valence electrons. The number of aromatic nitrogens is 2. The topological polar surface area (TPSA) is 134 Å². The maximum absolute atomic E-state index is 13.3. The third kappa shape index (κ3) is 8.17. The van der Waals surface area contributed by atoms with Gasteiger partial charge in [-0.05, 0) is 31.9 Å². The summed E-state index contributed by atoms with van der Waals surface area (Å²) in [5, 5.41) is 2.71. The van der Waals surface area contributed by atoms with Crippen molar-refractivity contribution < 1.29 is 28.7 Å². The monoisotopic (exact) mass is 561 g/mol. The van der Waals surface area contributed by atoms with E-state index in [0.717, 1.165) is 11.1 Å². The Morgan fingerprint density at radius 1 is 0.902 bits per heavy atom. The molecule has 0 aliphatic carbocycles. The van der Waals surface area contributed by atoms with Gasteiger partial charge in [-0.15, -0.1) is 0 Å². The highest BCUT2D eigenvalue weighted by atomic mass is 16.6. The molecular weight excluding hydrogens is 526 g/mol. The van der Waals surface area contributed by atoms with Gasteiger partial charge in [0.15, 0.2) is 5.69 Å². The first-order valence-electron chi connectivity index (χ1n) is 13.5. The highest BCUT2D eigenvalue weighted by Gasteiger charge is 2.32. The van der Waals surface area contributed by atoms with Crippen molar-refractivity contribution in [1.82, 2.24) is 25.1 Å². The molecule has 1 aliphatic heterocycles. The molecule has 41 heavy (non-hydrogen) atoms. The molecule has 3 amide bonds. The number of hydrogen-bond donors (Lipinski definition) is 2. The molecule has 2 N–H and O–H groups in total. The number of nitrogens with one attached hydrogen (secondary N) is 2. The highest BCUT2D eigenvalue weighted by Crippen LogP contribution is 2.15. The van der Waals surface area contributed by atoms with Crippen molar-refractivity contribution in [3.8, 4) is 0 Å². The first-order chi connectivity index (χ1) is 19.6. The highest BCUT2D eigenvalue weighted by molar-refractivity contribution is 6.05. The second kappa shape index (κ2) is 13.1. The molecule has 2 aromatic carbocycles. The van der Waals surface area contributed by atoms with Crippen molar-refractivity contribution in [2.75, 3.05) is 26.2 Å². The minimum absolute atomic E-state index is 0.00401. The number of carbonyl (C=O) groups excluding carboxylic acids is 4. The number of amides is 3. The lowest BCUT2D eigenvalue weighted by Gasteiger charge is -2.35. The maximum atomic E-state index is 13.3. The average Bonchev–Trinajstić information content (AvgIpc) is 3.46. The van der Waals surface area contributed by atoms with Gasteiger partial charge in [-0.3, -0.25) is 9.59 Å². The van der Waals surface area contributed by atoms with E-state index in [2.05, 4.69) is 15.3 Å². The van der Waals surface area contributed by atoms with Crippen LogP contribution in [-0.4, -0.2) is 81.5 Å². The van der Waals surface area contributed by atoms with E-state index in [1.807, 2.05) is 60.7 Å². The second-order valence-corrected chi connectivity index (χ2v) is 10.7. The fraction of sp³-hybridized carbons (Fsp3) is 0.367. The summed E-state index contributed by atoms with van der Waals surface area (Å²) in [6.45, 7) is 6.56. The minimum Gasteiger partial charge on any atom is -0.459 e. The van der Waals surface area contributed by atoms with Crippen LogP contribution in [0, 0.1) is 0 Å². The quantitative estimate of drug-likeness (QED) is 0.404. The molecule has 1 saturated heterocycles. The molecule has 0 bridgehead atoms. The Kier molecular flexibility index (Phi) is 9.38. The van der Waals surface area contributed by atoms with Gasteiger partial charge < -0.3 is 29.6 Å². The molecule has 0 radical (unpaired) electrons. The second-order valence-electron chi connectivity index (χ2n) is 10.7. The number of piperazine rings is 1. The van der Waals surface area contributed by atoms with E-state index >= 15 is 0 Å². The molecule has 1 aliphatic rings. The SMILES string of the molecule is CC(C)(C)OC(=O)N1CCN(C(=O)c2[nH]cnc2C(=O)N[C@@H](Cc2ccccc2)C(=O)OCc2ccccc2)CC1. The summed E-state index contributed by atoms with van der Waals surface area (Å²) in [5.74, 6) is -1.71. The van der Waals surface area contributed by atoms with Crippen LogP contribution in [0.3, 0.4) is 0 Å². The van der Waals surface area contributed by atoms with E-state index in [0.29, 0.717) is 13.1 Å². The number of hydrogen-bond acceptors (Lipinski definition) is 7. The van der Waals surface area contributed by atoms with Crippen LogP contribution in [0.25, 0.3) is 0 Å². The zero-order valence-corrected chi connectivity index (χ0v) is 23.5. The summed E-state index contributed by atoms with van der Waals surface area (Å²) in [4.78, 5) is 62.0. The lowest BCUT2D eigenvalue weighted by atomic mass is 10.1. The lowest BCUT2D eigenvalue weighted by Crippen LogP contribution is -2.52. The first-order valence-corrected chi connectivity index (χ1v) is 13.5. The van der Waals surface area contributed by atoms with Crippen LogP contribution in [0.15, 0.2) is 67.0 Å².